The van der Waals surface area contributed by atoms with Crippen molar-refractivity contribution in [2.75, 3.05) is 0 Å². The van der Waals surface area contributed by atoms with Crippen molar-refractivity contribution >= 4 is 11.6 Å². The molecule has 20 heavy (non-hydrogen) atoms. The third-order valence-electron chi connectivity index (χ3n) is 3.88. The average molecular weight is 292 g/mol. The molecule has 106 valence electrons. The van der Waals surface area contributed by atoms with Crippen molar-refractivity contribution in [2.24, 2.45) is 5.73 Å². The predicted molar refractivity (Wildman–Crippen MR) is 82.6 cm³/mol. The van der Waals surface area contributed by atoms with Crippen molar-refractivity contribution in [1.29, 1.82) is 0 Å². The fraction of sp³-hybridized carbons (Fsp3) is 0.294. The molecule has 0 amide bonds. The van der Waals surface area contributed by atoms with Gasteiger partial charge in [0.1, 0.15) is 5.82 Å². The fourth-order valence-corrected chi connectivity index (χ4v) is 2.46. The summed E-state index contributed by atoms with van der Waals surface area (Å²) < 4.78 is 13.2. The van der Waals surface area contributed by atoms with E-state index in [1.165, 1.54) is 11.6 Å². The summed E-state index contributed by atoms with van der Waals surface area (Å²) in [6.45, 7) is 4.25. The number of nitrogens with two attached hydrogens (primary N) is 1. The highest BCUT2D eigenvalue weighted by Gasteiger charge is 2.28. The summed E-state index contributed by atoms with van der Waals surface area (Å²) in [7, 11) is 0. The number of hydrogen-bond donors (Lipinski definition) is 1. The second kappa shape index (κ2) is 5.94. The van der Waals surface area contributed by atoms with Crippen LogP contribution >= 0.6 is 11.6 Å². The zero-order chi connectivity index (χ0) is 14.8. The molecule has 1 unspecified atom stereocenters. The lowest BCUT2D eigenvalue weighted by Gasteiger charge is -2.32. The first kappa shape index (κ1) is 15.0. The van der Waals surface area contributed by atoms with Crippen LogP contribution in [0.15, 0.2) is 48.5 Å². The van der Waals surface area contributed by atoms with Gasteiger partial charge in [0.2, 0.25) is 0 Å². The van der Waals surface area contributed by atoms with Gasteiger partial charge < -0.3 is 5.73 Å². The van der Waals surface area contributed by atoms with Crippen LogP contribution in [-0.4, -0.2) is 6.04 Å². The highest BCUT2D eigenvalue weighted by Crippen LogP contribution is 2.28. The molecule has 0 bridgehead atoms. The van der Waals surface area contributed by atoms with Crippen LogP contribution in [0, 0.1) is 5.82 Å². The number of hydrogen-bond acceptors (Lipinski definition) is 1. The van der Waals surface area contributed by atoms with Crippen molar-refractivity contribution in [1.82, 2.24) is 0 Å². The Morgan fingerprint density at radius 2 is 1.80 bits per heavy atom. The third kappa shape index (κ3) is 3.20. The van der Waals surface area contributed by atoms with Gasteiger partial charge >= 0.3 is 0 Å². The van der Waals surface area contributed by atoms with E-state index in [0.29, 0.717) is 6.42 Å². The highest BCUT2D eigenvalue weighted by atomic mass is 35.5. The second-order valence-corrected chi connectivity index (χ2v) is 6.05. The Morgan fingerprint density at radius 1 is 1.15 bits per heavy atom. The van der Waals surface area contributed by atoms with Crippen LogP contribution in [0.5, 0.6) is 0 Å². The van der Waals surface area contributed by atoms with Crippen molar-refractivity contribution in [2.45, 2.75) is 31.7 Å². The average Bonchev–Trinajstić information content (AvgIpc) is 2.44. The predicted octanol–water partition coefficient (Wildman–Crippen LogP) is 4.33. The summed E-state index contributed by atoms with van der Waals surface area (Å²) in [6.07, 6.45) is 0.655. The smallest absolute Gasteiger partial charge is 0.141 e. The van der Waals surface area contributed by atoms with E-state index in [1.54, 1.807) is 12.1 Å². The first-order chi connectivity index (χ1) is 9.41. The van der Waals surface area contributed by atoms with Crippen molar-refractivity contribution in [3.63, 3.8) is 0 Å². The maximum Gasteiger partial charge on any atom is 0.141 e. The lowest BCUT2D eigenvalue weighted by molar-refractivity contribution is 0.406. The van der Waals surface area contributed by atoms with E-state index < -0.39 is 5.82 Å². The molecular formula is C17H19ClFN. The van der Waals surface area contributed by atoms with Gasteiger partial charge in [0.05, 0.1) is 5.02 Å². The Kier molecular flexibility index (Phi) is 4.46. The highest BCUT2D eigenvalue weighted by molar-refractivity contribution is 6.30. The van der Waals surface area contributed by atoms with Gasteiger partial charge in [-0.05, 0) is 29.7 Å². The molecule has 2 aromatic carbocycles. The summed E-state index contributed by atoms with van der Waals surface area (Å²) in [5.41, 5.74) is 8.35. The normalized spacial score (nSPS) is 13.2. The summed E-state index contributed by atoms with van der Waals surface area (Å²) in [5.74, 6) is -0.397. The molecule has 3 heteroatoms. The Balaban J connectivity index is 2.18. The van der Waals surface area contributed by atoms with E-state index in [2.05, 4.69) is 26.0 Å². The van der Waals surface area contributed by atoms with E-state index in [4.69, 9.17) is 17.3 Å². The van der Waals surface area contributed by atoms with Gasteiger partial charge in [-0.15, -0.1) is 0 Å². The minimum atomic E-state index is -0.397. The second-order valence-electron chi connectivity index (χ2n) is 5.65. The van der Waals surface area contributed by atoms with Gasteiger partial charge in [0.15, 0.2) is 0 Å². The van der Waals surface area contributed by atoms with E-state index in [1.807, 2.05) is 18.2 Å². The first-order valence-electron chi connectivity index (χ1n) is 6.66. The maximum absolute atomic E-state index is 13.2. The molecule has 2 aromatic rings. The van der Waals surface area contributed by atoms with Crippen molar-refractivity contribution in [3.8, 4) is 0 Å². The molecule has 0 saturated heterocycles. The molecule has 2 N–H and O–H groups in total. The van der Waals surface area contributed by atoms with Crippen LogP contribution in [0.2, 0.25) is 5.02 Å². The van der Waals surface area contributed by atoms with Crippen LogP contribution < -0.4 is 5.73 Å². The molecule has 0 radical (unpaired) electrons. The molecule has 0 heterocycles. The summed E-state index contributed by atoms with van der Waals surface area (Å²) in [6, 6.07) is 14.9. The first-order valence-corrected chi connectivity index (χ1v) is 7.04. The summed E-state index contributed by atoms with van der Waals surface area (Å²) in [5, 5.41) is 0.146. The largest absolute Gasteiger partial charge is 0.327 e. The van der Waals surface area contributed by atoms with E-state index in [9.17, 15) is 4.39 Å². The quantitative estimate of drug-likeness (QED) is 0.891. The lowest BCUT2D eigenvalue weighted by Crippen LogP contribution is -2.42. The van der Waals surface area contributed by atoms with E-state index >= 15 is 0 Å². The summed E-state index contributed by atoms with van der Waals surface area (Å²) >= 11 is 5.81. The molecule has 0 aliphatic heterocycles. The lowest BCUT2D eigenvalue weighted by atomic mass is 9.76. The molecule has 0 aliphatic carbocycles. The molecule has 0 aromatic heterocycles. The van der Waals surface area contributed by atoms with Crippen LogP contribution in [0.1, 0.15) is 25.0 Å². The fourth-order valence-electron chi connectivity index (χ4n) is 2.26. The molecular weight excluding hydrogens is 273 g/mol. The molecule has 1 nitrogen and oxygen atoms in total. The Bertz CT molecular complexity index is 581. The van der Waals surface area contributed by atoms with Gasteiger partial charge in [0.25, 0.3) is 0 Å². The van der Waals surface area contributed by atoms with E-state index in [0.717, 1.165) is 5.56 Å². The monoisotopic (exact) mass is 291 g/mol. The van der Waals surface area contributed by atoms with Gasteiger partial charge in [0, 0.05) is 11.5 Å². The third-order valence-corrected chi connectivity index (χ3v) is 4.17. The Labute approximate surface area is 124 Å². The topological polar surface area (TPSA) is 26.0 Å². The molecule has 0 fully saturated rings. The van der Waals surface area contributed by atoms with Crippen LogP contribution in [0.3, 0.4) is 0 Å². The SMILES string of the molecule is CC(C)(c1ccccc1)C(N)Cc1ccc(F)c(Cl)c1. The number of benzene rings is 2. The van der Waals surface area contributed by atoms with Crippen LogP contribution in [0.25, 0.3) is 0 Å². The maximum atomic E-state index is 13.2. The molecule has 0 spiro atoms. The molecule has 1 atom stereocenters. The Morgan fingerprint density at radius 3 is 2.40 bits per heavy atom. The van der Waals surface area contributed by atoms with E-state index in [-0.39, 0.29) is 16.5 Å². The standard InChI is InChI=1S/C17H19ClFN/c1-17(2,13-6-4-3-5-7-13)16(20)11-12-8-9-15(19)14(18)10-12/h3-10,16H,11,20H2,1-2H3. The Hall–Kier alpha value is -1.38. The van der Waals surface area contributed by atoms with Crippen molar-refractivity contribution < 1.29 is 4.39 Å². The van der Waals surface area contributed by atoms with Crippen LogP contribution in [-0.2, 0) is 11.8 Å². The number of halogens is 2. The minimum Gasteiger partial charge on any atom is -0.327 e. The van der Waals surface area contributed by atoms with Crippen molar-refractivity contribution in [3.05, 3.63) is 70.5 Å². The zero-order valence-corrected chi connectivity index (χ0v) is 12.5. The summed E-state index contributed by atoms with van der Waals surface area (Å²) in [4.78, 5) is 0. The minimum absolute atomic E-state index is 0.0774. The number of rotatable bonds is 4. The molecule has 2 rings (SSSR count). The van der Waals surface area contributed by atoms with Gasteiger partial charge in [-0.1, -0.05) is 61.8 Å². The van der Waals surface area contributed by atoms with Gasteiger partial charge in [-0.3, -0.25) is 0 Å². The zero-order valence-electron chi connectivity index (χ0n) is 11.7. The van der Waals surface area contributed by atoms with Gasteiger partial charge in [-0.2, -0.15) is 0 Å². The molecule has 0 aliphatic rings. The van der Waals surface area contributed by atoms with Crippen LogP contribution in [0.4, 0.5) is 4.39 Å². The van der Waals surface area contributed by atoms with Gasteiger partial charge in [-0.25, -0.2) is 4.39 Å². The molecule has 0 saturated carbocycles.